The van der Waals surface area contributed by atoms with Crippen LogP contribution in [0.3, 0.4) is 0 Å². The van der Waals surface area contributed by atoms with Crippen LogP contribution in [0, 0.1) is 5.92 Å². The van der Waals surface area contributed by atoms with E-state index in [4.69, 9.17) is 5.73 Å². The van der Waals surface area contributed by atoms with Gasteiger partial charge in [0.2, 0.25) is 10.0 Å². The highest BCUT2D eigenvalue weighted by atomic mass is 32.2. The Bertz CT molecular complexity index is 243. The molecular formula is C8H18N2O2S. The van der Waals surface area contributed by atoms with Crippen LogP contribution in [0.4, 0.5) is 0 Å². The van der Waals surface area contributed by atoms with E-state index >= 15 is 0 Å². The SMILES string of the molecule is CNS(=O)(=O)C1CCC(CN)CC1. The molecule has 0 aliphatic heterocycles. The number of rotatable bonds is 3. The van der Waals surface area contributed by atoms with Crippen molar-refractivity contribution in [1.29, 1.82) is 0 Å². The quantitative estimate of drug-likeness (QED) is 0.685. The molecule has 0 amide bonds. The van der Waals surface area contributed by atoms with E-state index < -0.39 is 10.0 Å². The standard InChI is InChI=1S/C8H18N2O2S/c1-10-13(11,12)8-4-2-7(6-9)3-5-8/h7-8,10H,2-6,9H2,1H3. The molecule has 0 saturated heterocycles. The normalized spacial score (nSPS) is 30.3. The molecule has 78 valence electrons. The van der Waals surface area contributed by atoms with Gasteiger partial charge in [0.15, 0.2) is 0 Å². The summed E-state index contributed by atoms with van der Waals surface area (Å²) < 4.78 is 25.2. The Labute approximate surface area is 79.9 Å². The minimum atomic E-state index is -3.04. The molecule has 1 rings (SSSR count). The Morgan fingerprint density at radius 3 is 2.23 bits per heavy atom. The topological polar surface area (TPSA) is 72.2 Å². The lowest BCUT2D eigenvalue weighted by Gasteiger charge is -2.26. The predicted octanol–water partition coefficient (Wildman–Crippen LogP) is 0.0531. The fourth-order valence-corrected chi connectivity index (χ4v) is 3.07. The molecule has 0 bridgehead atoms. The van der Waals surface area contributed by atoms with E-state index in [1.807, 2.05) is 0 Å². The third kappa shape index (κ3) is 2.65. The molecule has 1 fully saturated rings. The lowest BCUT2D eigenvalue weighted by atomic mass is 9.89. The first-order valence-electron chi connectivity index (χ1n) is 4.72. The van der Waals surface area contributed by atoms with E-state index in [9.17, 15) is 8.42 Å². The zero-order valence-electron chi connectivity index (χ0n) is 7.99. The predicted molar refractivity (Wildman–Crippen MR) is 52.8 cm³/mol. The van der Waals surface area contributed by atoms with Gasteiger partial charge in [0.1, 0.15) is 0 Å². The first kappa shape index (κ1) is 10.9. The molecule has 0 aromatic rings. The van der Waals surface area contributed by atoms with Gasteiger partial charge < -0.3 is 5.73 Å². The molecule has 0 heterocycles. The Morgan fingerprint density at radius 2 is 1.85 bits per heavy atom. The molecule has 1 saturated carbocycles. The smallest absolute Gasteiger partial charge is 0.214 e. The van der Waals surface area contributed by atoms with E-state index in [0.29, 0.717) is 12.5 Å². The highest BCUT2D eigenvalue weighted by molar-refractivity contribution is 7.90. The minimum absolute atomic E-state index is 0.194. The van der Waals surface area contributed by atoms with Gasteiger partial charge in [0.25, 0.3) is 0 Å². The fraction of sp³-hybridized carbons (Fsp3) is 1.00. The monoisotopic (exact) mass is 206 g/mol. The molecule has 3 N–H and O–H groups in total. The molecule has 0 radical (unpaired) electrons. The molecule has 1 aliphatic rings. The van der Waals surface area contributed by atoms with Crippen molar-refractivity contribution in [2.75, 3.05) is 13.6 Å². The maximum absolute atomic E-state index is 11.4. The average molecular weight is 206 g/mol. The summed E-state index contributed by atoms with van der Waals surface area (Å²) in [5, 5.41) is -0.194. The van der Waals surface area contributed by atoms with Gasteiger partial charge in [0.05, 0.1) is 5.25 Å². The van der Waals surface area contributed by atoms with Gasteiger partial charge in [-0.3, -0.25) is 0 Å². The Balaban J connectivity index is 2.50. The molecular weight excluding hydrogens is 188 g/mol. The largest absolute Gasteiger partial charge is 0.330 e. The second kappa shape index (κ2) is 4.39. The maximum Gasteiger partial charge on any atom is 0.214 e. The van der Waals surface area contributed by atoms with Crippen LogP contribution >= 0.6 is 0 Å². The molecule has 1 aliphatic carbocycles. The van der Waals surface area contributed by atoms with Crippen molar-refractivity contribution in [2.24, 2.45) is 11.7 Å². The summed E-state index contributed by atoms with van der Waals surface area (Å²) in [7, 11) is -1.57. The van der Waals surface area contributed by atoms with Gasteiger partial charge >= 0.3 is 0 Å². The van der Waals surface area contributed by atoms with Crippen molar-refractivity contribution in [3.63, 3.8) is 0 Å². The minimum Gasteiger partial charge on any atom is -0.330 e. The van der Waals surface area contributed by atoms with E-state index in [-0.39, 0.29) is 5.25 Å². The summed E-state index contributed by atoms with van der Waals surface area (Å²) in [4.78, 5) is 0. The molecule has 0 unspecified atom stereocenters. The Kier molecular flexibility index (Phi) is 3.70. The maximum atomic E-state index is 11.4. The van der Waals surface area contributed by atoms with Crippen LogP contribution < -0.4 is 10.5 Å². The number of hydrogen-bond donors (Lipinski definition) is 2. The van der Waals surface area contributed by atoms with Crippen LogP contribution in [0.1, 0.15) is 25.7 Å². The van der Waals surface area contributed by atoms with Gasteiger partial charge in [-0.1, -0.05) is 0 Å². The third-order valence-electron chi connectivity index (χ3n) is 2.85. The zero-order chi connectivity index (χ0) is 9.90. The highest BCUT2D eigenvalue weighted by Gasteiger charge is 2.28. The van der Waals surface area contributed by atoms with Crippen molar-refractivity contribution < 1.29 is 8.42 Å². The summed E-state index contributed by atoms with van der Waals surface area (Å²) in [6.45, 7) is 0.687. The summed E-state index contributed by atoms with van der Waals surface area (Å²) in [6, 6.07) is 0. The summed E-state index contributed by atoms with van der Waals surface area (Å²) in [5.74, 6) is 0.531. The van der Waals surface area contributed by atoms with Gasteiger partial charge in [-0.25, -0.2) is 13.1 Å². The first-order valence-corrected chi connectivity index (χ1v) is 6.27. The Morgan fingerprint density at radius 1 is 1.31 bits per heavy atom. The zero-order valence-corrected chi connectivity index (χ0v) is 8.81. The molecule has 0 spiro atoms. The van der Waals surface area contributed by atoms with Crippen LogP contribution in [0.15, 0.2) is 0 Å². The van der Waals surface area contributed by atoms with Crippen molar-refractivity contribution >= 4 is 10.0 Å². The second-order valence-electron chi connectivity index (χ2n) is 3.63. The van der Waals surface area contributed by atoms with E-state index in [1.165, 1.54) is 7.05 Å². The lowest BCUT2D eigenvalue weighted by molar-refractivity contribution is 0.363. The van der Waals surface area contributed by atoms with E-state index in [1.54, 1.807) is 0 Å². The average Bonchev–Trinajstić information content (AvgIpc) is 2.18. The number of hydrogen-bond acceptors (Lipinski definition) is 3. The van der Waals surface area contributed by atoms with Gasteiger partial charge in [-0.05, 0) is 45.2 Å². The molecule has 0 atom stereocenters. The van der Waals surface area contributed by atoms with Crippen molar-refractivity contribution in [1.82, 2.24) is 4.72 Å². The summed E-state index contributed by atoms with van der Waals surface area (Å²) in [6.07, 6.45) is 3.40. The summed E-state index contributed by atoms with van der Waals surface area (Å²) in [5.41, 5.74) is 5.53. The molecule has 0 aromatic carbocycles. The van der Waals surface area contributed by atoms with Crippen LogP contribution in [0.5, 0.6) is 0 Å². The Hall–Kier alpha value is -0.130. The second-order valence-corrected chi connectivity index (χ2v) is 5.79. The van der Waals surface area contributed by atoms with Crippen molar-refractivity contribution in [3.8, 4) is 0 Å². The van der Waals surface area contributed by atoms with Crippen molar-refractivity contribution in [2.45, 2.75) is 30.9 Å². The molecule has 4 nitrogen and oxygen atoms in total. The molecule has 5 heteroatoms. The number of nitrogens with two attached hydrogens (primary N) is 1. The van der Waals surface area contributed by atoms with Gasteiger partial charge in [-0.2, -0.15) is 0 Å². The van der Waals surface area contributed by atoms with E-state index in [2.05, 4.69) is 4.72 Å². The van der Waals surface area contributed by atoms with Gasteiger partial charge in [-0.15, -0.1) is 0 Å². The fourth-order valence-electron chi connectivity index (χ4n) is 1.84. The van der Waals surface area contributed by atoms with Crippen LogP contribution in [-0.2, 0) is 10.0 Å². The number of nitrogens with one attached hydrogen (secondary N) is 1. The highest BCUT2D eigenvalue weighted by Crippen LogP contribution is 2.27. The number of sulfonamides is 1. The van der Waals surface area contributed by atoms with Crippen LogP contribution in [0.2, 0.25) is 0 Å². The van der Waals surface area contributed by atoms with Gasteiger partial charge in [0, 0.05) is 0 Å². The third-order valence-corrected chi connectivity index (χ3v) is 4.77. The van der Waals surface area contributed by atoms with Crippen LogP contribution in [0.25, 0.3) is 0 Å². The molecule has 13 heavy (non-hydrogen) atoms. The lowest BCUT2D eigenvalue weighted by Crippen LogP contribution is -2.35. The molecule has 0 aromatic heterocycles. The van der Waals surface area contributed by atoms with E-state index in [0.717, 1.165) is 25.7 Å². The van der Waals surface area contributed by atoms with Crippen LogP contribution in [-0.4, -0.2) is 27.3 Å². The first-order chi connectivity index (χ1) is 6.10. The summed E-state index contributed by atoms with van der Waals surface area (Å²) >= 11 is 0. The van der Waals surface area contributed by atoms with Crippen molar-refractivity contribution in [3.05, 3.63) is 0 Å².